The predicted octanol–water partition coefficient (Wildman–Crippen LogP) is 5.29. The van der Waals surface area contributed by atoms with Crippen LogP contribution in [0.25, 0.3) is 10.2 Å². The van der Waals surface area contributed by atoms with E-state index in [0.717, 1.165) is 29.0 Å². The molecule has 1 saturated heterocycles. The van der Waals surface area contributed by atoms with Crippen molar-refractivity contribution in [2.24, 2.45) is 0 Å². The van der Waals surface area contributed by atoms with Gasteiger partial charge in [0.2, 0.25) is 10.0 Å². The minimum atomic E-state index is -4.45. The molecule has 0 bridgehead atoms. The van der Waals surface area contributed by atoms with Gasteiger partial charge in [-0.1, -0.05) is 47.2 Å². The predicted molar refractivity (Wildman–Crippen MR) is 139 cm³/mol. The van der Waals surface area contributed by atoms with E-state index in [1.807, 2.05) is 12.1 Å². The highest BCUT2D eigenvalue weighted by Gasteiger charge is 2.32. The van der Waals surface area contributed by atoms with Crippen LogP contribution < -0.4 is 9.77 Å². The topological polar surface area (TPSA) is 62.6 Å². The Morgan fingerprint density at radius 2 is 1.65 bits per heavy atom. The molecular formula is C25H21ClF3N3O3S2. The zero-order valence-corrected chi connectivity index (χ0v) is 21.7. The average Bonchev–Trinajstić information content (AvgIpc) is 3.19. The van der Waals surface area contributed by atoms with Gasteiger partial charge in [0, 0.05) is 36.9 Å². The molecule has 2 heterocycles. The number of alkyl halides is 3. The van der Waals surface area contributed by atoms with Crippen molar-refractivity contribution in [2.45, 2.75) is 17.6 Å². The third-order valence-corrected chi connectivity index (χ3v) is 9.55. The fourth-order valence-electron chi connectivity index (χ4n) is 4.37. The number of halogens is 4. The van der Waals surface area contributed by atoms with E-state index in [1.54, 1.807) is 33.7 Å². The van der Waals surface area contributed by atoms with Gasteiger partial charge in [-0.05, 0) is 48.0 Å². The summed E-state index contributed by atoms with van der Waals surface area (Å²) in [4.78, 5) is 14.3. The summed E-state index contributed by atoms with van der Waals surface area (Å²) in [6.45, 7) is 1.03. The maximum Gasteiger partial charge on any atom is 0.416 e. The van der Waals surface area contributed by atoms with Crippen LogP contribution in [0.2, 0.25) is 5.02 Å². The lowest BCUT2D eigenvalue weighted by Gasteiger charge is -2.35. The molecular weight excluding hydrogens is 547 g/mol. The first-order valence-electron chi connectivity index (χ1n) is 11.3. The molecule has 0 unspecified atom stereocenters. The van der Waals surface area contributed by atoms with E-state index in [1.165, 1.54) is 22.5 Å². The molecule has 1 aromatic heterocycles. The molecule has 0 saturated carbocycles. The van der Waals surface area contributed by atoms with Crippen molar-refractivity contribution >= 4 is 48.9 Å². The van der Waals surface area contributed by atoms with Gasteiger partial charge in [-0.3, -0.25) is 9.36 Å². The Hall–Kier alpha value is -2.86. The zero-order chi connectivity index (χ0) is 26.4. The molecule has 0 N–H and O–H groups in total. The Bertz CT molecular complexity index is 1630. The molecule has 4 aromatic rings. The molecule has 0 radical (unpaired) electrons. The lowest BCUT2D eigenvalue weighted by atomic mass is 10.1. The van der Waals surface area contributed by atoms with Crippen LogP contribution in [0.3, 0.4) is 0 Å². The molecule has 37 heavy (non-hydrogen) atoms. The smallest absolute Gasteiger partial charge is 0.369 e. The number of nitrogens with zero attached hydrogens (tertiary/aromatic N) is 3. The lowest BCUT2D eigenvalue weighted by molar-refractivity contribution is -0.137. The van der Waals surface area contributed by atoms with E-state index in [4.69, 9.17) is 11.6 Å². The number of sulfonamides is 1. The first kappa shape index (κ1) is 25.8. The highest BCUT2D eigenvalue weighted by Crippen LogP contribution is 2.32. The fourth-order valence-corrected chi connectivity index (χ4v) is 7.02. The fraction of sp³-hybridized carbons (Fsp3) is 0.240. The first-order valence-corrected chi connectivity index (χ1v) is 14.0. The second kappa shape index (κ2) is 9.79. The Labute approximate surface area is 220 Å². The summed E-state index contributed by atoms with van der Waals surface area (Å²) in [5.74, 6) is 0. The van der Waals surface area contributed by atoms with Gasteiger partial charge in [-0.2, -0.15) is 17.5 Å². The summed E-state index contributed by atoms with van der Waals surface area (Å²) in [6.07, 6.45) is -4.45. The molecule has 194 valence electrons. The quantitative estimate of drug-likeness (QED) is 0.329. The Balaban J connectivity index is 1.35. The summed E-state index contributed by atoms with van der Waals surface area (Å²) in [5, 5.41) is 0.539. The summed E-state index contributed by atoms with van der Waals surface area (Å²) in [6, 6.07) is 16.8. The van der Waals surface area contributed by atoms with Crippen LogP contribution >= 0.6 is 22.9 Å². The van der Waals surface area contributed by atoms with Crippen LogP contribution in [0.5, 0.6) is 0 Å². The SMILES string of the molecule is O=c1sc2cc(S(=O)(=O)N3CCN(c4cccc(C(F)(F)F)c4)CC3)ccc2n1Cc1ccccc1Cl. The Morgan fingerprint density at radius 1 is 0.919 bits per heavy atom. The van der Waals surface area contributed by atoms with Gasteiger partial charge in [0.1, 0.15) is 0 Å². The largest absolute Gasteiger partial charge is 0.416 e. The van der Waals surface area contributed by atoms with Crippen LogP contribution in [0.1, 0.15) is 11.1 Å². The first-order chi connectivity index (χ1) is 17.5. The van der Waals surface area contributed by atoms with E-state index in [-0.39, 0.29) is 42.5 Å². The number of fused-ring (bicyclic) bond motifs is 1. The second-order valence-electron chi connectivity index (χ2n) is 8.61. The number of benzene rings is 3. The minimum Gasteiger partial charge on any atom is -0.369 e. The van der Waals surface area contributed by atoms with Gasteiger partial charge in [0.05, 0.1) is 27.2 Å². The number of hydrogen-bond donors (Lipinski definition) is 0. The number of hydrogen-bond acceptors (Lipinski definition) is 5. The molecule has 12 heteroatoms. The summed E-state index contributed by atoms with van der Waals surface area (Å²) in [7, 11) is -3.86. The van der Waals surface area contributed by atoms with Crippen molar-refractivity contribution in [3.63, 3.8) is 0 Å². The molecule has 0 amide bonds. The third kappa shape index (κ3) is 5.13. The van der Waals surface area contributed by atoms with Crippen molar-refractivity contribution in [2.75, 3.05) is 31.1 Å². The van der Waals surface area contributed by atoms with Gasteiger partial charge in [-0.25, -0.2) is 8.42 Å². The van der Waals surface area contributed by atoms with Crippen LogP contribution in [0.4, 0.5) is 18.9 Å². The van der Waals surface area contributed by atoms with Gasteiger partial charge < -0.3 is 4.90 Å². The van der Waals surface area contributed by atoms with Crippen molar-refractivity contribution in [3.05, 3.63) is 92.5 Å². The van der Waals surface area contributed by atoms with Crippen LogP contribution in [0, 0.1) is 0 Å². The molecule has 6 nitrogen and oxygen atoms in total. The third-order valence-electron chi connectivity index (χ3n) is 6.34. The van der Waals surface area contributed by atoms with E-state index in [0.29, 0.717) is 20.9 Å². The zero-order valence-electron chi connectivity index (χ0n) is 19.3. The number of thiazole rings is 1. The standard InChI is InChI=1S/C25H21ClF3N3O3S2/c26-21-7-2-1-4-17(21)16-32-22-9-8-20(15-23(22)36-24(32)33)37(34,35)31-12-10-30(11-13-31)19-6-3-5-18(14-19)25(27,28)29/h1-9,14-15H,10-13,16H2. The van der Waals surface area contributed by atoms with E-state index in [2.05, 4.69) is 0 Å². The van der Waals surface area contributed by atoms with Crippen LogP contribution in [-0.4, -0.2) is 43.5 Å². The molecule has 0 atom stereocenters. The Morgan fingerprint density at radius 3 is 2.35 bits per heavy atom. The average molecular weight is 568 g/mol. The van der Waals surface area contributed by atoms with Crippen molar-refractivity contribution in [3.8, 4) is 0 Å². The molecule has 1 aliphatic rings. The number of aromatic nitrogens is 1. The number of anilines is 1. The van der Waals surface area contributed by atoms with E-state index >= 15 is 0 Å². The van der Waals surface area contributed by atoms with Gasteiger partial charge >= 0.3 is 11.0 Å². The molecule has 3 aromatic carbocycles. The summed E-state index contributed by atoms with van der Waals surface area (Å²) >= 11 is 7.21. The highest BCUT2D eigenvalue weighted by molar-refractivity contribution is 7.89. The van der Waals surface area contributed by atoms with Crippen molar-refractivity contribution in [1.29, 1.82) is 0 Å². The van der Waals surface area contributed by atoms with E-state index < -0.39 is 21.8 Å². The minimum absolute atomic E-state index is 0.0682. The maximum atomic E-state index is 13.3. The van der Waals surface area contributed by atoms with Crippen LogP contribution in [-0.2, 0) is 22.7 Å². The highest BCUT2D eigenvalue weighted by atomic mass is 35.5. The van der Waals surface area contributed by atoms with Crippen molar-refractivity contribution in [1.82, 2.24) is 8.87 Å². The van der Waals surface area contributed by atoms with E-state index in [9.17, 15) is 26.4 Å². The monoisotopic (exact) mass is 567 g/mol. The van der Waals surface area contributed by atoms with Gasteiger partial charge in [0.25, 0.3) is 0 Å². The van der Waals surface area contributed by atoms with Crippen molar-refractivity contribution < 1.29 is 21.6 Å². The van der Waals surface area contributed by atoms with Gasteiger partial charge in [0.15, 0.2) is 0 Å². The molecule has 1 aliphatic heterocycles. The molecule has 5 rings (SSSR count). The molecule has 0 aliphatic carbocycles. The summed E-state index contributed by atoms with van der Waals surface area (Å²) in [5.41, 5.74) is 1.05. The van der Waals surface area contributed by atoms with Gasteiger partial charge in [-0.15, -0.1) is 0 Å². The number of rotatable bonds is 5. The lowest BCUT2D eigenvalue weighted by Crippen LogP contribution is -2.48. The summed E-state index contributed by atoms with van der Waals surface area (Å²) < 4.78 is 69.3. The number of piperazine rings is 1. The maximum absolute atomic E-state index is 13.3. The Kier molecular flexibility index (Phi) is 6.82. The molecule has 0 spiro atoms. The normalized spacial score (nSPS) is 15.4. The second-order valence-corrected chi connectivity index (χ2v) is 12.0. The molecule has 1 fully saturated rings. The van der Waals surface area contributed by atoms with Crippen LogP contribution in [0.15, 0.2) is 76.4 Å².